The van der Waals surface area contributed by atoms with Crippen LogP contribution in [0.15, 0.2) is 158 Å². The van der Waals surface area contributed by atoms with E-state index in [-0.39, 0.29) is 11.4 Å². The number of para-hydroxylation sites is 1. The molecule has 6 heteroatoms. The van der Waals surface area contributed by atoms with Crippen LogP contribution >= 0.6 is 11.3 Å². The second kappa shape index (κ2) is 12.4. The molecule has 3 aromatic heterocycles. The van der Waals surface area contributed by atoms with Crippen LogP contribution in [0.5, 0.6) is 0 Å². The van der Waals surface area contributed by atoms with Crippen molar-refractivity contribution in [2.45, 2.75) is 0 Å². The van der Waals surface area contributed by atoms with Gasteiger partial charge in [-0.25, -0.2) is 15.0 Å². The number of pyridine rings is 1. The van der Waals surface area contributed by atoms with E-state index in [4.69, 9.17) is 15.0 Å². The summed E-state index contributed by atoms with van der Waals surface area (Å²) < 4.78 is 2.56. The quantitative estimate of drug-likeness (QED) is 0.188. The molecule has 0 atom stereocenters. The molecule has 0 saturated carbocycles. The zero-order chi connectivity index (χ0) is 35.5. The number of fused-ring (bicyclic) bond motifs is 6. The van der Waals surface area contributed by atoms with Crippen LogP contribution in [0, 0.1) is 10.8 Å². The van der Waals surface area contributed by atoms with Gasteiger partial charge >= 0.3 is 0 Å². The Morgan fingerprint density at radius 2 is 1.11 bits per heavy atom. The van der Waals surface area contributed by atoms with Crippen LogP contribution < -0.4 is 0 Å². The standard InChI is InChI=1S/C47H29N5S/c48-43-36(26-37-42(44(43)49)35-17-7-9-20-38(35)50-45(37)30-12-3-1-4-13-30)40-27-39(51-47(52-40)31-14-5-2-6-15-31)29-24-22-28(23-25-29)32-18-11-19-34-33-16-8-10-21-41(33)53-46(32)34/h1-27,48-49H. The van der Waals surface area contributed by atoms with E-state index in [9.17, 15) is 10.8 Å². The van der Waals surface area contributed by atoms with Gasteiger partial charge in [-0.2, -0.15) is 0 Å². The molecule has 0 amide bonds. The van der Waals surface area contributed by atoms with Gasteiger partial charge in [0.2, 0.25) is 0 Å². The normalized spacial score (nSPS) is 12.7. The summed E-state index contributed by atoms with van der Waals surface area (Å²) in [5.41, 5.74) is 10.3. The number of aromatic nitrogens is 3. The van der Waals surface area contributed by atoms with Gasteiger partial charge in [-0.3, -0.25) is 10.8 Å². The van der Waals surface area contributed by atoms with Crippen LogP contribution in [0.4, 0.5) is 0 Å². The number of hydrogen-bond acceptors (Lipinski definition) is 6. The van der Waals surface area contributed by atoms with Crippen molar-refractivity contribution < 1.29 is 0 Å². The lowest BCUT2D eigenvalue weighted by molar-refractivity contribution is 1.16. The molecular formula is C47H29N5S. The van der Waals surface area contributed by atoms with Gasteiger partial charge in [-0.15, -0.1) is 11.3 Å². The Balaban J connectivity index is 1.14. The zero-order valence-electron chi connectivity index (χ0n) is 28.3. The van der Waals surface area contributed by atoms with Crippen molar-refractivity contribution in [2.24, 2.45) is 0 Å². The predicted molar refractivity (Wildman–Crippen MR) is 221 cm³/mol. The molecule has 53 heavy (non-hydrogen) atoms. The van der Waals surface area contributed by atoms with Gasteiger partial charge in [0.1, 0.15) is 0 Å². The molecule has 0 saturated heterocycles. The van der Waals surface area contributed by atoms with Gasteiger partial charge in [-0.05, 0) is 35.4 Å². The summed E-state index contributed by atoms with van der Waals surface area (Å²) in [7, 11) is 0. The van der Waals surface area contributed by atoms with Gasteiger partial charge in [0.15, 0.2) is 5.82 Å². The first-order valence-electron chi connectivity index (χ1n) is 17.4. The molecule has 3 heterocycles. The highest BCUT2D eigenvalue weighted by Crippen LogP contribution is 2.41. The van der Waals surface area contributed by atoms with Crippen molar-refractivity contribution in [1.29, 1.82) is 10.8 Å². The van der Waals surface area contributed by atoms with Crippen LogP contribution in [0.1, 0.15) is 16.8 Å². The molecule has 0 spiro atoms. The predicted octanol–water partition coefficient (Wildman–Crippen LogP) is 12.0. The maximum absolute atomic E-state index is 9.40. The second-order valence-electron chi connectivity index (χ2n) is 13.1. The average Bonchev–Trinajstić information content (AvgIpc) is 3.61. The number of thiophene rings is 1. The fourth-order valence-corrected chi connectivity index (χ4v) is 8.61. The number of allylic oxidation sites excluding steroid dienone is 1. The second-order valence-corrected chi connectivity index (χ2v) is 14.2. The molecule has 0 aliphatic heterocycles. The molecule has 0 radical (unpaired) electrons. The van der Waals surface area contributed by atoms with Crippen molar-refractivity contribution in [2.75, 3.05) is 0 Å². The van der Waals surface area contributed by atoms with E-state index in [0.29, 0.717) is 22.7 Å². The Labute approximate surface area is 309 Å². The minimum atomic E-state index is 0.114. The zero-order valence-corrected chi connectivity index (χ0v) is 29.2. The molecule has 248 valence electrons. The molecule has 1 aliphatic rings. The summed E-state index contributed by atoms with van der Waals surface area (Å²) in [6.45, 7) is 0. The third-order valence-corrected chi connectivity index (χ3v) is 11.2. The monoisotopic (exact) mass is 695 g/mol. The lowest BCUT2D eigenvalue weighted by atomic mass is 9.83. The first-order chi connectivity index (χ1) is 26.1. The first-order valence-corrected chi connectivity index (χ1v) is 18.3. The SMILES string of the molecule is N=C1C(=N)c2c(c(-c3ccccc3)nc3ccccc23)C=C1c1cc(-c2ccc(-c3cccc4c3sc3ccccc34)cc2)nc(-c2ccccc2)n1. The number of nitrogens with zero attached hydrogens (tertiary/aromatic N) is 3. The van der Waals surface area contributed by atoms with E-state index in [2.05, 4.69) is 66.7 Å². The van der Waals surface area contributed by atoms with E-state index in [1.165, 1.54) is 25.7 Å². The minimum Gasteiger partial charge on any atom is -0.298 e. The largest absolute Gasteiger partial charge is 0.298 e. The average molecular weight is 696 g/mol. The summed E-state index contributed by atoms with van der Waals surface area (Å²) in [5.74, 6) is 0.558. The smallest absolute Gasteiger partial charge is 0.160 e. The Hall–Kier alpha value is -6.89. The minimum absolute atomic E-state index is 0.114. The van der Waals surface area contributed by atoms with Crippen LogP contribution in [-0.4, -0.2) is 26.4 Å². The van der Waals surface area contributed by atoms with Crippen LogP contribution in [0.2, 0.25) is 0 Å². The van der Waals surface area contributed by atoms with Gasteiger partial charge < -0.3 is 0 Å². The third-order valence-electron chi connectivity index (χ3n) is 9.97. The summed E-state index contributed by atoms with van der Waals surface area (Å²) in [5, 5.41) is 22.2. The van der Waals surface area contributed by atoms with E-state index < -0.39 is 0 Å². The molecule has 1 aliphatic carbocycles. The fourth-order valence-electron chi connectivity index (χ4n) is 7.38. The fraction of sp³-hybridized carbons (Fsp3) is 0. The molecule has 9 aromatic rings. The maximum Gasteiger partial charge on any atom is 0.160 e. The molecular weight excluding hydrogens is 667 g/mol. The van der Waals surface area contributed by atoms with Crippen LogP contribution in [0.3, 0.4) is 0 Å². The molecule has 2 N–H and O–H groups in total. The summed E-state index contributed by atoms with van der Waals surface area (Å²) in [4.78, 5) is 15.2. The summed E-state index contributed by atoms with van der Waals surface area (Å²) >= 11 is 1.83. The van der Waals surface area contributed by atoms with Crippen molar-refractivity contribution >= 4 is 65.5 Å². The van der Waals surface area contributed by atoms with Crippen molar-refractivity contribution in [3.63, 3.8) is 0 Å². The maximum atomic E-state index is 9.40. The highest BCUT2D eigenvalue weighted by Gasteiger charge is 2.29. The number of rotatable bonds is 5. The molecule has 0 unspecified atom stereocenters. The van der Waals surface area contributed by atoms with Crippen molar-refractivity contribution in [1.82, 2.24) is 15.0 Å². The van der Waals surface area contributed by atoms with E-state index >= 15 is 0 Å². The Morgan fingerprint density at radius 1 is 0.472 bits per heavy atom. The Bertz CT molecular complexity index is 2960. The lowest BCUT2D eigenvalue weighted by Gasteiger charge is -2.23. The molecule has 0 fully saturated rings. The molecule has 10 rings (SSSR count). The highest BCUT2D eigenvalue weighted by atomic mass is 32.1. The van der Waals surface area contributed by atoms with Crippen LogP contribution in [0.25, 0.3) is 87.8 Å². The Morgan fingerprint density at radius 3 is 1.91 bits per heavy atom. The number of nitrogens with one attached hydrogen (secondary N) is 2. The molecule has 0 bridgehead atoms. The topological polar surface area (TPSA) is 86.4 Å². The highest BCUT2D eigenvalue weighted by molar-refractivity contribution is 7.26. The number of benzene rings is 6. The van der Waals surface area contributed by atoms with Gasteiger partial charge in [0.25, 0.3) is 0 Å². The van der Waals surface area contributed by atoms with E-state index in [0.717, 1.165) is 50.1 Å². The molecule has 5 nitrogen and oxygen atoms in total. The van der Waals surface area contributed by atoms with Gasteiger partial charge in [-0.1, -0.05) is 140 Å². The van der Waals surface area contributed by atoms with Crippen LogP contribution in [-0.2, 0) is 0 Å². The van der Waals surface area contributed by atoms with Gasteiger partial charge in [0, 0.05) is 58.9 Å². The van der Waals surface area contributed by atoms with E-state index in [1.807, 2.05) is 108 Å². The van der Waals surface area contributed by atoms with Gasteiger partial charge in [0.05, 0.1) is 34.0 Å². The summed E-state index contributed by atoms with van der Waals surface area (Å²) in [6.07, 6.45) is 1.99. The van der Waals surface area contributed by atoms with E-state index in [1.54, 1.807) is 0 Å². The van der Waals surface area contributed by atoms with Crippen molar-refractivity contribution in [3.8, 4) is 45.0 Å². The first kappa shape index (κ1) is 30.9. The Kier molecular flexibility index (Phi) is 7.23. The number of hydrogen-bond donors (Lipinski definition) is 2. The van der Waals surface area contributed by atoms with Crippen molar-refractivity contribution in [3.05, 3.63) is 175 Å². The lowest BCUT2D eigenvalue weighted by Crippen LogP contribution is -2.22. The third kappa shape index (κ3) is 5.19. The molecule has 6 aromatic carbocycles. The summed E-state index contributed by atoms with van der Waals surface area (Å²) in [6, 6.07) is 53.5.